The van der Waals surface area contributed by atoms with Crippen LogP contribution in [0.2, 0.25) is 0 Å². The van der Waals surface area contributed by atoms with Crippen molar-refractivity contribution in [1.29, 1.82) is 0 Å². The van der Waals surface area contributed by atoms with Crippen LogP contribution in [0.4, 0.5) is 0 Å². The van der Waals surface area contributed by atoms with E-state index in [9.17, 15) is 8.42 Å². The first-order valence-electron chi connectivity index (χ1n) is 6.24. The Morgan fingerprint density at radius 1 is 1.35 bits per heavy atom. The van der Waals surface area contributed by atoms with E-state index in [0.717, 1.165) is 12.8 Å². The Morgan fingerprint density at radius 3 is 2.35 bits per heavy atom. The van der Waals surface area contributed by atoms with E-state index in [1.54, 1.807) is 11.4 Å². The molecule has 0 aromatic heterocycles. The van der Waals surface area contributed by atoms with Crippen molar-refractivity contribution in [2.24, 2.45) is 11.7 Å². The maximum Gasteiger partial charge on any atom is 0.214 e. The molecule has 0 unspecified atom stereocenters. The van der Waals surface area contributed by atoms with E-state index >= 15 is 0 Å². The summed E-state index contributed by atoms with van der Waals surface area (Å²) in [5.74, 6) is 0.735. The van der Waals surface area contributed by atoms with Crippen LogP contribution in [0.25, 0.3) is 0 Å². The Kier molecular flexibility index (Phi) is 3.77. The fourth-order valence-corrected chi connectivity index (χ4v) is 4.23. The molecule has 0 atom stereocenters. The zero-order valence-corrected chi connectivity index (χ0v) is 11.2. The van der Waals surface area contributed by atoms with Gasteiger partial charge in [-0.1, -0.05) is 0 Å². The number of rotatable bonds is 5. The quantitative estimate of drug-likeness (QED) is 0.766. The van der Waals surface area contributed by atoms with Crippen molar-refractivity contribution in [2.75, 3.05) is 32.5 Å². The highest BCUT2D eigenvalue weighted by molar-refractivity contribution is 7.89. The number of ether oxygens (including phenoxy) is 1. The number of nitrogens with two attached hydrogens (primary N) is 1. The molecule has 2 rings (SSSR count). The highest BCUT2D eigenvalue weighted by Crippen LogP contribution is 2.33. The van der Waals surface area contributed by atoms with E-state index in [0.29, 0.717) is 44.1 Å². The third-order valence-electron chi connectivity index (χ3n) is 3.98. The van der Waals surface area contributed by atoms with Crippen molar-refractivity contribution >= 4 is 10.0 Å². The lowest BCUT2D eigenvalue weighted by Crippen LogP contribution is -2.51. The highest BCUT2D eigenvalue weighted by Gasteiger charge is 2.39. The second-order valence-corrected chi connectivity index (χ2v) is 7.23. The first-order valence-corrected chi connectivity index (χ1v) is 7.85. The molecule has 0 bridgehead atoms. The lowest BCUT2D eigenvalue weighted by molar-refractivity contribution is -0.0376. The van der Waals surface area contributed by atoms with Crippen LogP contribution >= 0.6 is 0 Å². The average molecular weight is 262 g/mol. The molecule has 0 amide bonds. The van der Waals surface area contributed by atoms with Crippen LogP contribution in [0.15, 0.2) is 0 Å². The average Bonchev–Trinajstić information content (AvgIpc) is 3.12. The molecule has 5 nitrogen and oxygen atoms in total. The number of methoxy groups -OCH3 is 1. The smallest absolute Gasteiger partial charge is 0.214 e. The SMILES string of the molecule is COC1(CN)CCN(S(=O)(=O)CC2CC2)CC1. The van der Waals surface area contributed by atoms with E-state index < -0.39 is 10.0 Å². The number of sulfonamides is 1. The molecule has 6 heteroatoms. The maximum atomic E-state index is 12.1. The molecule has 2 N–H and O–H groups in total. The molecule has 0 spiro atoms. The van der Waals surface area contributed by atoms with Crippen molar-refractivity contribution in [3.05, 3.63) is 0 Å². The van der Waals surface area contributed by atoms with E-state index in [2.05, 4.69) is 0 Å². The van der Waals surface area contributed by atoms with E-state index in [4.69, 9.17) is 10.5 Å². The summed E-state index contributed by atoms with van der Waals surface area (Å²) in [6.45, 7) is 1.54. The zero-order chi connectivity index (χ0) is 12.5. The highest BCUT2D eigenvalue weighted by atomic mass is 32.2. The van der Waals surface area contributed by atoms with Gasteiger partial charge in [0.2, 0.25) is 10.0 Å². The fourth-order valence-electron chi connectivity index (χ4n) is 2.35. The minimum absolute atomic E-state index is 0.314. The summed E-state index contributed by atoms with van der Waals surface area (Å²) in [6, 6.07) is 0. The maximum absolute atomic E-state index is 12.1. The van der Waals surface area contributed by atoms with Crippen LogP contribution in [0, 0.1) is 5.92 Å². The predicted molar refractivity (Wildman–Crippen MR) is 66.1 cm³/mol. The largest absolute Gasteiger partial charge is 0.377 e. The second kappa shape index (κ2) is 4.84. The molecule has 1 aliphatic heterocycles. The molecule has 1 saturated heterocycles. The van der Waals surface area contributed by atoms with Crippen molar-refractivity contribution in [3.8, 4) is 0 Å². The van der Waals surface area contributed by atoms with Gasteiger partial charge in [-0.05, 0) is 31.6 Å². The lowest BCUT2D eigenvalue weighted by atomic mass is 9.92. The summed E-state index contributed by atoms with van der Waals surface area (Å²) in [6.07, 6.45) is 3.53. The first kappa shape index (κ1) is 13.3. The molecule has 17 heavy (non-hydrogen) atoms. The molecule has 0 aromatic rings. The van der Waals surface area contributed by atoms with Crippen molar-refractivity contribution < 1.29 is 13.2 Å². The van der Waals surface area contributed by atoms with Gasteiger partial charge >= 0.3 is 0 Å². The van der Waals surface area contributed by atoms with Gasteiger partial charge in [0.05, 0.1) is 11.4 Å². The second-order valence-electron chi connectivity index (χ2n) is 5.21. The molecule has 1 saturated carbocycles. The third-order valence-corrected chi connectivity index (χ3v) is 6.02. The summed E-state index contributed by atoms with van der Waals surface area (Å²) in [5, 5.41) is 0. The third kappa shape index (κ3) is 2.99. The van der Waals surface area contributed by atoms with Crippen LogP contribution in [0.5, 0.6) is 0 Å². The van der Waals surface area contributed by atoms with Gasteiger partial charge in [0.1, 0.15) is 0 Å². The van der Waals surface area contributed by atoms with Gasteiger partial charge in [-0.15, -0.1) is 0 Å². The Labute approximate surface area is 103 Å². The number of nitrogens with zero attached hydrogens (tertiary/aromatic N) is 1. The molecular formula is C11H22N2O3S. The van der Waals surface area contributed by atoms with Gasteiger partial charge in [-0.25, -0.2) is 12.7 Å². The topological polar surface area (TPSA) is 72.6 Å². The lowest BCUT2D eigenvalue weighted by Gasteiger charge is -2.39. The zero-order valence-electron chi connectivity index (χ0n) is 10.4. The minimum Gasteiger partial charge on any atom is -0.377 e. The minimum atomic E-state index is -3.05. The van der Waals surface area contributed by atoms with E-state index in [1.165, 1.54) is 0 Å². The first-order chi connectivity index (χ1) is 8.01. The summed E-state index contributed by atoms with van der Waals surface area (Å²) in [7, 11) is -1.40. The van der Waals surface area contributed by atoms with Gasteiger partial charge in [0.15, 0.2) is 0 Å². The van der Waals surface area contributed by atoms with Crippen LogP contribution in [-0.2, 0) is 14.8 Å². The molecular weight excluding hydrogens is 240 g/mol. The molecule has 0 aromatic carbocycles. The van der Waals surface area contributed by atoms with Gasteiger partial charge < -0.3 is 10.5 Å². The van der Waals surface area contributed by atoms with Crippen LogP contribution in [0.3, 0.4) is 0 Å². The Morgan fingerprint density at radius 2 is 1.94 bits per heavy atom. The van der Waals surface area contributed by atoms with Crippen molar-refractivity contribution in [2.45, 2.75) is 31.3 Å². The molecule has 0 radical (unpaired) electrons. The number of hydrogen-bond donors (Lipinski definition) is 1. The summed E-state index contributed by atoms with van der Waals surface area (Å²) < 4.78 is 31.2. The number of piperidine rings is 1. The summed E-state index contributed by atoms with van der Waals surface area (Å²) in [5.41, 5.74) is 5.39. The predicted octanol–water partition coefficient (Wildman–Crippen LogP) is 0.166. The summed E-state index contributed by atoms with van der Waals surface area (Å²) in [4.78, 5) is 0. The van der Waals surface area contributed by atoms with Crippen LogP contribution < -0.4 is 5.73 Å². The van der Waals surface area contributed by atoms with Gasteiger partial charge in [-0.2, -0.15) is 0 Å². The Bertz CT molecular complexity index is 351. The summed E-state index contributed by atoms with van der Waals surface area (Å²) >= 11 is 0. The Balaban J connectivity index is 1.93. The van der Waals surface area contributed by atoms with Crippen molar-refractivity contribution in [1.82, 2.24) is 4.31 Å². The molecule has 1 aliphatic carbocycles. The van der Waals surface area contributed by atoms with Gasteiger partial charge in [-0.3, -0.25) is 0 Å². The van der Waals surface area contributed by atoms with Gasteiger partial charge in [0.25, 0.3) is 0 Å². The molecule has 2 fully saturated rings. The molecule has 2 aliphatic rings. The van der Waals surface area contributed by atoms with Crippen LogP contribution in [-0.4, -0.2) is 50.8 Å². The van der Waals surface area contributed by atoms with Crippen LogP contribution in [0.1, 0.15) is 25.7 Å². The van der Waals surface area contributed by atoms with E-state index in [1.807, 2.05) is 0 Å². The van der Waals surface area contributed by atoms with Crippen molar-refractivity contribution in [3.63, 3.8) is 0 Å². The monoisotopic (exact) mass is 262 g/mol. The molecule has 1 heterocycles. The van der Waals surface area contributed by atoms with Gasteiger partial charge in [0, 0.05) is 26.7 Å². The molecule has 100 valence electrons. The Hall–Kier alpha value is -0.170. The normalized spacial score (nSPS) is 26.0. The fraction of sp³-hybridized carbons (Fsp3) is 1.00. The van der Waals surface area contributed by atoms with E-state index in [-0.39, 0.29) is 5.60 Å². The standard InChI is InChI=1S/C11H22N2O3S/c1-16-11(9-12)4-6-13(7-5-11)17(14,15)8-10-2-3-10/h10H,2-9,12H2,1H3. The number of hydrogen-bond acceptors (Lipinski definition) is 4.